The number of benzene rings is 1. The fourth-order valence-electron chi connectivity index (χ4n) is 2.13. The summed E-state index contributed by atoms with van der Waals surface area (Å²) in [6.45, 7) is 2.79. The van der Waals surface area contributed by atoms with Crippen molar-refractivity contribution in [1.29, 1.82) is 0 Å². The summed E-state index contributed by atoms with van der Waals surface area (Å²) in [5.74, 6) is 0.147. The van der Waals surface area contributed by atoms with Gasteiger partial charge in [-0.05, 0) is 55.0 Å². The normalized spacial score (nSPS) is 15.7. The van der Waals surface area contributed by atoms with Crippen LogP contribution in [0, 0.1) is 5.92 Å². The SMILES string of the molecule is CC(CN)CNS(=O)(=O)c1ccc2c(c1)CCC2.Cl. The van der Waals surface area contributed by atoms with E-state index in [4.69, 9.17) is 5.73 Å². The van der Waals surface area contributed by atoms with Gasteiger partial charge in [0.15, 0.2) is 0 Å². The smallest absolute Gasteiger partial charge is 0.240 e. The Morgan fingerprint density at radius 2 is 2.00 bits per heavy atom. The predicted octanol–water partition coefficient (Wildman–Crippen LogP) is 1.47. The van der Waals surface area contributed by atoms with Crippen LogP contribution >= 0.6 is 12.4 Å². The van der Waals surface area contributed by atoms with E-state index in [0.717, 1.165) is 19.3 Å². The van der Waals surface area contributed by atoms with Gasteiger partial charge in [-0.3, -0.25) is 0 Å². The van der Waals surface area contributed by atoms with Crippen LogP contribution in [0.15, 0.2) is 23.1 Å². The highest BCUT2D eigenvalue weighted by Crippen LogP contribution is 2.24. The zero-order chi connectivity index (χ0) is 13.2. The summed E-state index contributed by atoms with van der Waals surface area (Å²) in [6.07, 6.45) is 3.17. The van der Waals surface area contributed by atoms with Gasteiger partial charge in [-0.1, -0.05) is 13.0 Å². The summed E-state index contributed by atoms with van der Waals surface area (Å²) in [5, 5.41) is 0. The van der Waals surface area contributed by atoms with Gasteiger partial charge in [0, 0.05) is 6.54 Å². The van der Waals surface area contributed by atoms with Crippen LogP contribution < -0.4 is 10.5 Å². The second-order valence-electron chi connectivity index (χ2n) is 4.98. The molecule has 0 fully saturated rings. The molecule has 4 nitrogen and oxygen atoms in total. The van der Waals surface area contributed by atoms with E-state index in [0.29, 0.717) is 18.0 Å². The third-order valence-electron chi connectivity index (χ3n) is 3.40. The Kier molecular flexibility index (Phi) is 5.80. The zero-order valence-electron chi connectivity index (χ0n) is 11.1. The van der Waals surface area contributed by atoms with Crippen molar-refractivity contribution in [3.63, 3.8) is 0 Å². The Balaban J connectivity index is 0.00000180. The fraction of sp³-hybridized carbons (Fsp3) is 0.538. The third kappa shape index (κ3) is 3.92. The maximum atomic E-state index is 12.1. The lowest BCUT2D eigenvalue weighted by atomic mass is 10.1. The molecule has 0 saturated heterocycles. The van der Waals surface area contributed by atoms with Crippen molar-refractivity contribution in [2.45, 2.75) is 31.1 Å². The van der Waals surface area contributed by atoms with Crippen molar-refractivity contribution in [2.24, 2.45) is 11.7 Å². The van der Waals surface area contributed by atoms with Crippen LogP contribution in [0.3, 0.4) is 0 Å². The number of hydrogen-bond donors (Lipinski definition) is 2. The lowest BCUT2D eigenvalue weighted by molar-refractivity contribution is 0.545. The van der Waals surface area contributed by atoms with Gasteiger partial charge in [-0.15, -0.1) is 12.4 Å². The maximum Gasteiger partial charge on any atom is 0.240 e. The number of aryl methyl sites for hydroxylation is 2. The summed E-state index contributed by atoms with van der Waals surface area (Å²) >= 11 is 0. The van der Waals surface area contributed by atoms with Crippen LogP contribution in [0.2, 0.25) is 0 Å². The fourth-order valence-corrected chi connectivity index (χ4v) is 3.35. The Morgan fingerprint density at radius 3 is 2.68 bits per heavy atom. The van der Waals surface area contributed by atoms with Gasteiger partial charge in [-0.2, -0.15) is 0 Å². The number of rotatable bonds is 5. The first kappa shape index (κ1) is 16.4. The first-order valence-electron chi connectivity index (χ1n) is 6.34. The van der Waals surface area contributed by atoms with Crippen molar-refractivity contribution in [2.75, 3.05) is 13.1 Å². The van der Waals surface area contributed by atoms with E-state index in [1.54, 1.807) is 12.1 Å². The minimum absolute atomic E-state index is 0. The predicted molar refractivity (Wildman–Crippen MR) is 79.1 cm³/mol. The highest BCUT2D eigenvalue weighted by Gasteiger charge is 2.18. The Hall–Kier alpha value is -0.620. The van der Waals surface area contributed by atoms with E-state index in [-0.39, 0.29) is 18.3 Å². The molecule has 0 aromatic heterocycles. The quantitative estimate of drug-likeness (QED) is 0.865. The molecular weight excluding hydrogens is 284 g/mol. The molecule has 3 N–H and O–H groups in total. The molecule has 0 amide bonds. The van der Waals surface area contributed by atoms with Gasteiger partial charge in [0.25, 0.3) is 0 Å². The number of nitrogens with two attached hydrogens (primary N) is 1. The topological polar surface area (TPSA) is 72.2 Å². The molecule has 0 saturated carbocycles. The molecule has 0 heterocycles. The van der Waals surface area contributed by atoms with E-state index in [1.807, 2.05) is 13.0 Å². The monoisotopic (exact) mass is 304 g/mol. The molecule has 2 rings (SSSR count). The Labute approximate surface area is 121 Å². The standard InChI is InChI=1S/C13H20N2O2S.ClH/c1-10(8-14)9-15-18(16,17)13-6-5-11-3-2-4-12(11)7-13;/h5-7,10,15H,2-4,8-9,14H2,1H3;1H. The lowest BCUT2D eigenvalue weighted by Crippen LogP contribution is -2.31. The first-order valence-corrected chi connectivity index (χ1v) is 7.83. The summed E-state index contributed by atoms with van der Waals surface area (Å²) < 4.78 is 26.8. The number of nitrogens with one attached hydrogen (secondary N) is 1. The zero-order valence-corrected chi connectivity index (χ0v) is 12.7. The maximum absolute atomic E-state index is 12.1. The van der Waals surface area contributed by atoms with Crippen LogP contribution in [-0.2, 0) is 22.9 Å². The van der Waals surface area contributed by atoms with E-state index in [2.05, 4.69) is 4.72 Å². The molecule has 19 heavy (non-hydrogen) atoms. The van der Waals surface area contributed by atoms with Crippen LogP contribution in [0.25, 0.3) is 0 Å². The molecule has 1 unspecified atom stereocenters. The average molecular weight is 305 g/mol. The van der Waals surface area contributed by atoms with Crippen LogP contribution in [-0.4, -0.2) is 21.5 Å². The summed E-state index contributed by atoms with van der Waals surface area (Å²) in [5.41, 5.74) is 7.93. The number of halogens is 1. The lowest BCUT2D eigenvalue weighted by Gasteiger charge is -2.11. The van der Waals surface area contributed by atoms with Gasteiger partial charge >= 0.3 is 0 Å². The van der Waals surface area contributed by atoms with E-state index in [1.165, 1.54) is 11.1 Å². The second-order valence-corrected chi connectivity index (χ2v) is 6.74. The summed E-state index contributed by atoms with van der Waals surface area (Å²) in [6, 6.07) is 5.43. The van der Waals surface area contributed by atoms with E-state index < -0.39 is 10.0 Å². The number of sulfonamides is 1. The highest BCUT2D eigenvalue weighted by molar-refractivity contribution is 7.89. The van der Waals surface area contributed by atoms with Crippen LogP contribution in [0.4, 0.5) is 0 Å². The van der Waals surface area contributed by atoms with Gasteiger partial charge in [0.05, 0.1) is 4.90 Å². The van der Waals surface area contributed by atoms with E-state index in [9.17, 15) is 8.42 Å². The minimum atomic E-state index is -3.39. The van der Waals surface area contributed by atoms with Gasteiger partial charge < -0.3 is 5.73 Å². The molecule has 0 radical (unpaired) electrons. The molecular formula is C13H21ClN2O2S. The highest BCUT2D eigenvalue weighted by atomic mass is 35.5. The molecule has 0 spiro atoms. The minimum Gasteiger partial charge on any atom is -0.330 e. The Morgan fingerprint density at radius 1 is 1.32 bits per heavy atom. The van der Waals surface area contributed by atoms with Crippen molar-refractivity contribution in [3.05, 3.63) is 29.3 Å². The molecule has 108 valence electrons. The first-order chi connectivity index (χ1) is 8.53. The number of fused-ring (bicyclic) bond motifs is 1. The average Bonchev–Trinajstić information content (AvgIpc) is 2.83. The van der Waals surface area contributed by atoms with Gasteiger partial charge in [0.1, 0.15) is 0 Å². The van der Waals surface area contributed by atoms with E-state index >= 15 is 0 Å². The van der Waals surface area contributed by atoms with Crippen LogP contribution in [0.1, 0.15) is 24.5 Å². The molecule has 1 aliphatic carbocycles. The molecule has 1 aliphatic rings. The van der Waals surface area contributed by atoms with Gasteiger partial charge in [0.2, 0.25) is 10.0 Å². The molecule has 0 aliphatic heterocycles. The molecule has 1 aromatic rings. The molecule has 6 heteroatoms. The molecule has 0 bridgehead atoms. The van der Waals surface area contributed by atoms with Crippen LogP contribution in [0.5, 0.6) is 0 Å². The van der Waals surface area contributed by atoms with Crippen molar-refractivity contribution >= 4 is 22.4 Å². The number of hydrogen-bond acceptors (Lipinski definition) is 3. The molecule has 1 aromatic carbocycles. The van der Waals surface area contributed by atoms with Crippen molar-refractivity contribution < 1.29 is 8.42 Å². The van der Waals surface area contributed by atoms with Gasteiger partial charge in [-0.25, -0.2) is 13.1 Å². The largest absolute Gasteiger partial charge is 0.330 e. The van der Waals surface area contributed by atoms with Crippen molar-refractivity contribution in [3.8, 4) is 0 Å². The van der Waals surface area contributed by atoms with Crippen molar-refractivity contribution in [1.82, 2.24) is 4.72 Å². The summed E-state index contributed by atoms with van der Waals surface area (Å²) in [4.78, 5) is 0.368. The molecule has 1 atom stereocenters. The summed E-state index contributed by atoms with van der Waals surface area (Å²) in [7, 11) is -3.39. The second kappa shape index (κ2) is 6.70. The third-order valence-corrected chi connectivity index (χ3v) is 4.83. The Bertz CT molecular complexity index is 531.